The lowest BCUT2D eigenvalue weighted by Gasteiger charge is -2.55. The minimum absolute atomic E-state index is 0.0640. The normalized spacial score (nSPS) is 28.5. The monoisotopic (exact) mass is 549 g/mol. The molecule has 4 fully saturated rings. The van der Waals surface area contributed by atoms with E-state index in [2.05, 4.69) is 10.6 Å². The van der Waals surface area contributed by atoms with Gasteiger partial charge < -0.3 is 20.9 Å². The first-order valence-corrected chi connectivity index (χ1v) is 12.5. The van der Waals surface area contributed by atoms with Crippen LogP contribution in [-0.2, 0) is 19.2 Å². The molecule has 0 aromatic heterocycles. The third-order valence-corrected chi connectivity index (χ3v) is 7.50. The molecule has 0 radical (unpaired) electrons. The van der Waals surface area contributed by atoms with E-state index in [9.17, 15) is 46.4 Å². The SMILES string of the molecule is CC(C)(C)[C@H](NC(=O)C(F)(F)F)C(=O)N1[C@H]2CC[C@@H]([C@@H]1C(=O)N[C@H](C#N)C[C@H]1CCCNC1=O)C(F)(F)C2. The van der Waals surface area contributed by atoms with E-state index in [4.69, 9.17) is 0 Å². The molecule has 3 saturated heterocycles. The predicted octanol–water partition coefficient (Wildman–Crippen LogP) is 2.02. The van der Waals surface area contributed by atoms with Crippen LogP contribution in [0.25, 0.3) is 0 Å². The molecule has 0 unspecified atom stereocenters. The highest BCUT2D eigenvalue weighted by Gasteiger charge is 2.61. The lowest BCUT2D eigenvalue weighted by molar-refractivity contribution is -0.197. The molecular formula is C24H32F5N5O4. The van der Waals surface area contributed by atoms with Crippen molar-refractivity contribution in [2.45, 2.75) is 95.6 Å². The molecule has 6 atom stereocenters. The zero-order valence-electron chi connectivity index (χ0n) is 21.3. The molecule has 1 saturated carbocycles. The summed E-state index contributed by atoms with van der Waals surface area (Å²) in [6, 6.07) is -4.06. The van der Waals surface area contributed by atoms with E-state index in [1.807, 2.05) is 6.07 Å². The van der Waals surface area contributed by atoms with Crippen LogP contribution >= 0.6 is 0 Å². The summed E-state index contributed by atoms with van der Waals surface area (Å²) < 4.78 is 68.9. The molecule has 0 spiro atoms. The van der Waals surface area contributed by atoms with Crippen LogP contribution in [0.15, 0.2) is 0 Å². The third kappa shape index (κ3) is 6.18. The average molecular weight is 550 g/mol. The maximum Gasteiger partial charge on any atom is 0.471 e. The second kappa shape index (κ2) is 10.6. The van der Waals surface area contributed by atoms with Gasteiger partial charge in [-0.15, -0.1) is 0 Å². The second-order valence-corrected chi connectivity index (χ2v) is 11.3. The standard InChI is InChI=1S/C24H32F5N5O4/c1-22(2,3)17(33-21(38)24(27,28)29)20(37)34-14-6-7-15(23(25,26)10-14)16(34)19(36)32-13(11-30)9-12-5-4-8-31-18(12)35/h12-17H,4-10H2,1-3H3,(H,31,35)(H,32,36)(H,33,38)/t12-,13+,14+,15+,16-,17-/m1/s1. The van der Waals surface area contributed by atoms with Crippen molar-refractivity contribution in [3.8, 4) is 6.07 Å². The van der Waals surface area contributed by atoms with Crippen molar-refractivity contribution in [2.24, 2.45) is 17.3 Å². The number of piperidine rings is 3. The van der Waals surface area contributed by atoms with Crippen LogP contribution in [0.2, 0.25) is 0 Å². The van der Waals surface area contributed by atoms with Gasteiger partial charge in [-0.05, 0) is 37.5 Å². The van der Waals surface area contributed by atoms with Crippen molar-refractivity contribution in [1.82, 2.24) is 20.9 Å². The molecule has 4 rings (SSSR count). The van der Waals surface area contributed by atoms with E-state index < -0.39 is 77.7 Å². The number of alkyl halides is 5. The number of nitriles is 1. The van der Waals surface area contributed by atoms with E-state index in [1.165, 1.54) is 20.8 Å². The van der Waals surface area contributed by atoms with E-state index >= 15 is 0 Å². The highest BCUT2D eigenvalue weighted by Crippen LogP contribution is 2.49. The molecule has 0 aromatic rings. The Bertz CT molecular complexity index is 1010. The summed E-state index contributed by atoms with van der Waals surface area (Å²) in [6.45, 7) is 4.69. The highest BCUT2D eigenvalue weighted by molar-refractivity contribution is 5.94. The fourth-order valence-electron chi connectivity index (χ4n) is 5.58. The summed E-state index contributed by atoms with van der Waals surface area (Å²) in [7, 11) is 0. The maximum absolute atomic E-state index is 14.9. The van der Waals surface area contributed by atoms with Crippen molar-refractivity contribution < 1.29 is 41.1 Å². The van der Waals surface area contributed by atoms with Gasteiger partial charge in [0.25, 0.3) is 5.92 Å². The van der Waals surface area contributed by atoms with Gasteiger partial charge in [-0.3, -0.25) is 19.2 Å². The fraction of sp³-hybridized carbons (Fsp3) is 0.792. The molecular weight excluding hydrogens is 517 g/mol. The fourth-order valence-corrected chi connectivity index (χ4v) is 5.58. The van der Waals surface area contributed by atoms with Crippen LogP contribution in [0.5, 0.6) is 0 Å². The number of hydrogen-bond donors (Lipinski definition) is 3. The Kier molecular flexibility index (Phi) is 8.29. The van der Waals surface area contributed by atoms with Crippen molar-refractivity contribution >= 4 is 23.6 Å². The molecule has 38 heavy (non-hydrogen) atoms. The summed E-state index contributed by atoms with van der Waals surface area (Å²) >= 11 is 0. The average Bonchev–Trinajstić information content (AvgIpc) is 2.80. The molecule has 3 aliphatic heterocycles. The summed E-state index contributed by atoms with van der Waals surface area (Å²) in [5.74, 6) is -10.3. The highest BCUT2D eigenvalue weighted by atomic mass is 19.4. The Morgan fingerprint density at radius 2 is 1.82 bits per heavy atom. The van der Waals surface area contributed by atoms with E-state index in [0.717, 1.165) is 4.90 Å². The van der Waals surface area contributed by atoms with Crippen LogP contribution < -0.4 is 16.0 Å². The van der Waals surface area contributed by atoms with Gasteiger partial charge in [-0.25, -0.2) is 8.78 Å². The number of hydrogen-bond acceptors (Lipinski definition) is 5. The number of fused-ring (bicyclic) bond motifs is 3. The Labute approximate surface area is 216 Å². The number of nitrogens with zero attached hydrogens (tertiary/aromatic N) is 2. The van der Waals surface area contributed by atoms with Crippen molar-refractivity contribution in [3.05, 3.63) is 0 Å². The van der Waals surface area contributed by atoms with Crippen molar-refractivity contribution in [3.63, 3.8) is 0 Å². The van der Waals surface area contributed by atoms with Gasteiger partial charge in [-0.1, -0.05) is 20.8 Å². The molecule has 9 nitrogen and oxygen atoms in total. The second-order valence-electron chi connectivity index (χ2n) is 11.3. The van der Waals surface area contributed by atoms with Crippen LogP contribution in [0.3, 0.4) is 0 Å². The smallest absolute Gasteiger partial charge is 0.356 e. The Balaban J connectivity index is 1.90. The number of halogens is 5. The molecule has 4 aliphatic rings. The summed E-state index contributed by atoms with van der Waals surface area (Å²) in [5.41, 5.74) is -1.26. The van der Waals surface area contributed by atoms with Gasteiger partial charge in [0.05, 0.1) is 12.0 Å². The zero-order valence-corrected chi connectivity index (χ0v) is 21.3. The van der Waals surface area contributed by atoms with Gasteiger partial charge in [0.1, 0.15) is 18.1 Å². The first-order chi connectivity index (χ1) is 17.5. The third-order valence-electron chi connectivity index (χ3n) is 7.50. The number of rotatable bonds is 6. The Morgan fingerprint density at radius 3 is 2.34 bits per heavy atom. The first-order valence-electron chi connectivity index (χ1n) is 12.5. The summed E-state index contributed by atoms with van der Waals surface area (Å²) in [6.07, 6.45) is -5.00. The van der Waals surface area contributed by atoms with Crippen molar-refractivity contribution in [2.75, 3.05) is 6.54 Å². The van der Waals surface area contributed by atoms with Crippen LogP contribution in [0.1, 0.15) is 59.3 Å². The topological polar surface area (TPSA) is 131 Å². The number of carbonyl (C=O) groups is 4. The maximum atomic E-state index is 14.9. The van der Waals surface area contributed by atoms with Crippen LogP contribution in [0.4, 0.5) is 22.0 Å². The molecule has 4 amide bonds. The van der Waals surface area contributed by atoms with Gasteiger partial charge >= 0.3 is 12.1 Å². The van der Waals surface area contributed by atoms with Gasteiger partial charge in [0.15, 0.2) is 0 Å². The molecule has 0 aromatic carbocycles. The summed E-state index contributed by atoms with van der Waals surface area (Å²) in [5, 5.41) is 16.3. The van der Waals surface area contributed by atoms with E-state index in [0.29, 0.717) is 19.4 Å². The van der Waals surface area contributed by atoms with Crippen LogP contribution in [-0.4, -0.2) is 71.3 Å². The largest absolute Gasteiger partial charge is 0.471 e. The molecule has 2 bridgehead atoms. The minimum Gasteiger partial charge on any atom is -0.356 e. The lowest BCUT2D eigenvalue weighted by Crippen LogP contribution is -2.71. The van der Waals surface area contributed by atoms with Gasteiger partial charge in [0, 0.05) is 24.9 Å². The molecule has 1 aliphatic carbocycles. The minimum atomic E-state index is -5.29. The Hall–Kier alpha value is -2.98. The molecule has 14 heteroatoms. The lowest BCUT2D eigenvalue weighted by atomic mass is 9.70. The predicted molar refractivity (Wildman–Crippen MR) is 122 cm³/mol. The number of carbonyl (C=O) groups excluding carboxylic acids is 4. The molecule has 3 N–H and O–H groups in total. The first kappa shape index (κ1) is 29.6. The van der Waals surface area contributed by atoms with Gasteiger partial charge in [0.2, 0.25) is 17.7 Å². The quantitative estimate of drug-likeness (QED) is 0.437. The van der Waals surface area contributed by atoms with E-state index in [-0.39, 0.29) is 25.2 Å². The summed E-state index contributed by atoms with van der Waals surface area (Å²) in [4.78, 5) is 51.7. The number of amides is 4. The Morgan fingerprint density at radius 1 is 1.16 bits per heavy atom. The zero-order chi connectivity index (χ0) is 28.6. The molecule has 3 heterocycles. The molecule has 212 valence electrons. The number of nitrogens with one attached hydrogen (secondary N) is 3. The van der Waals surface area contributed by atoms with Crippen molar-refractivity contribution in [1.29, 1.82) is 5.26 Å². The van der Waals surface area contributed by atoms with Crippen LogP contribution in [0, 0.1) is 28.6 Å². The van der Waals surface area contributed by atoms with E-state index in [1.54, 1.807) is 5.32 Å². The van der Waals surface area contributed by atoms with Gasteiger partial charge in [-0.2, -0.15) is 18.4 Å².